The Bertz CT molecular complexity index is 4490. The van der Waals surface area contributed by atoms with E-state index in [9.17, 15) is 0 Å². The maximum absolute atomic E-state index is 5.64. The normalized spacial score (nSPS) is 12.3. The van der Waals surface area contributed by atoms with Gasteiger partial charge in [-0.25, -0.2) is 9.97 Å². The van der Waals surface area contributed by atoms with Crippen molar-refractivity contribution < 1.29 is 0 Å². The molecule has 0 bridgehead atoms. The molecule has 0 atom stereocenters. The molecule has 0 aliphatic rings. The van der Waals surface area contributed by atoms with Crippen molar-refractivity contribution in [3.63, 3.8) is 0 Å². The first kappa shape index (κ1) is 37.7. The Morgan fingerprint density at radius 1 is 0.243 bits per heavy atom. The van der Waals surface area contributed by atoms with Crippen molar-refractivity contribution >= 4 is 108 Å². The van der Waals surface area contributed by atoms with Crippen molar-refractivity contribution in [2.75, 3.05) is 0 Å². The summed E-state index contributed by atoms with van der Waals surface area (Å²) in [7, 11) is 0. The molecule has 0 aliphatic heterocycles. The van der Waals surface area contributed by atoms with Crippen LogP contribution >= 0.6 is 0 Å². The lowest BCUT2D eigenvalue weighted by atomic mass is 9.93. The van der Waals surface area contributed by atoms with Gasteiger partial charge >= 0.3 is 0 Å². The summed E-state index contributed by atoms with van der Waals surface area (Å²) in [6.45, 7) is 0. The molecular weight excluding hydrogens is 849 g/mol. The Morgan fingerprint density at radius 3 is 0.971 bits per heavy atom. The molecule has 4 heteroatoms. The molecule has 16 aromatic rings. The molecule has 0 saturated heterocycles. The van der Waals surface area contributed by atoms with Gasteiger partial charge < -0.3 is 0 Å². The summed E-state index contributed by atoms with van der Waals surface area (Å²) in [5.41, 5.74) is 10.9. The summed E-state index contributed by atoms with van der Waals surface area (Å²) in [6, 6.07) is 84.2. The van der Waals surface area contributed by atoms with Crippen molar-refractivity contribution in [1.82, 2.24) is 19.1 Å². The maximum Gasteiger partial charge on any atom is 0.146 e. The molecule has 16 rings (SSSR count). The number of fused-ring (bicyclic) bond motifs is 8. The predicted molar refractivity (Wildman–Crippen MR) is 294 cm³/mol. The number of imidazole rings is 2. The van der Waals surface area contributed by atoms with E-state index in [0.29, 0.717) is 0 Å². The second kappa shape index (κ2) is 14.1. The Kier molecular flexibility index (Phi) is 7.58. The zero-order valence-corrected chi connectivity index (χ0v) is 37.7. The summed E-state index contributed by atoms with van der Waals surface area (Å²) in [5.74, 6) is 1.86. The van der Waals surface area contributed by atoms with Gasteiger partial charge in [-0.2, -0.15) is 0 Å². The van der Waals surface area contributed by atoms with Gasteiger partial charge in [-0.05, 0) is 100 Å². The van der Waals surface area contributed by atoms with Crippen LogP contribution in [0, 0.1) is 0 Å². The Morgan fingerprint density at radius 2 is 0.557 bits per heavy atom. The molecule has 4 nitrogen and oxygen atoms in total. The van der Waals surface area contributed by atoms with E-state index in [1.807, 2.05) is 0 Å². The third-order valence-electron chi connectivity index (χ3n) is 15.2. The molecule has 0 saturated carbocycles. The van der Waals surface area contributed by atoms with Gasteiger partial charge in [0, 0.05) is 44.0 Å². The molecule has 0 radical (unpaired) electrons. The molecular formula is C66H38N4. The Labute approximate surface area is 401 Å². The van der Waals surface area contributed by atoms with Gasteiger partial charge in [0.15, 0.2) is 0 Å². The van der Waals surface area contributed by atoms with E-state index in [2.05, 4.69) is 240 Å². The minimum absolute atomic E-state index is 0.931. The van der Waals surface area contributed by atoms with Crippen LogP contribution in [0.2, 0.25) is 0 Å². The molecule has 0 aliphatic carbocycles. The molecule has 0 unspecified atom stereocenters. The number of benzene rings is 14. The van der Waals surface area contributed by atoms with Crippen molar-refractivity contribution in [2.24, 2.45) is 0 Å². The van der Waals surface area contributed by atoms with Crippen LogP contribution in [0.3, 0.4) is 0 Å². The topological polar surface area (TPSA) is 35.6 Å². The molecule has 2 aromatic heterocycles. The lowest BCUT2D eigenvalue weighted by Crippen LogP contribution is -2.00. The zero-order valence-electron chi connectivity index (χ0n) is 37.7. The van der Waals surface area contributed by atoms with E-state index in [0.717, 1.165) is 67.3 Å². The highest BCUT2D eigenvalue weighted by molar-refractivity contribution is 6.34. The largest absolute Gasteiger partial charge is 0.292 e. The van der Waals surface area contributed by atoms with Crippen LogP contribution in [-0.4, -0.2) is 19.1 Å². The first-order valence-electron chi connectivity index (χ1n) is 24.1. The Balaban J connectivity index is 0.891. The fourth-order valence-electron chi connectivity index (χ4n) is 12.1. The minimum Gasteiger partial charge on any atom is -0.292 e. The van der Waals surface area contributed by atoms with E-state index < -0.39 is 0 Å². The second-order valence-corrected chi connectivity index (χ2v) is 18.8. The van der Waals surface area contributed by atoms with Gasteiger partial charge in [-0.15, -0.1) is 0 Å². The molecule has 322 valence electrons. The molecule has 0 amide bonds. The van der Waals surface area contributed by atoms with Crippen LogP contribution in [0.15, 0.2) is 231 Å². The summed E-state index contributed by atoms with van der Waals surface area (Å²) < 4.78 is 4.81. The number of aromatic nitrogens is 4. The quantitative estimate of drug-likeness (QED) is 0.161. The van der Waals surface area contributed by atoms with Crippen LogP contribution in [0.4, 0.5) is 0 Å². The van der Waals surface area contributed by atoms with E-state index in [1.54, 1.807) is 0 Å². The van der Waals surface area contributed by atoms with E-state index in [4.69, 9.17) is 9.97 Å². The SMILES string of the molecule is c1ccc2c(-c3nc4c5cccc6ccc7cccc(c7c65)c4n3-c3ccc(-c4ccc(-n5c(-c6cccc7ccccc67)nc6c7cccc8ccc9cccc(c9c87)c65)cc4)cc3)cccc2c1. The predicted octanol–water partition coefficient (Wildman–Crippen LogP) is 17.5. The minimum atomic E-state index is 0.931. The third kappa shape index (κ3) is 5.14. The highest BCUT2D eigenvalue weighted by atomic mass is 15.1. The molecule has 0 fully saturated rings. The number of rotatable bonds is 5. The lowest BCUT2D eigenvalue weighted by Gasteiger charge is -2.16. The van der Waals surface area contributed by atoms with Gasteiger partial charge in [0.25, 0.3) is 0 Å². The van der Waals surface area contributed by atoms with Crippen molar-refractivity contribution in [3.05, 3.63) is 231 Å². The second-order valence-electron chi connectivity index (χ2n) is 18.8. The zero-order chi connectivity index (χ0) is 45.6. The van der Waals surface area contributed by atoms with E-state index in [-0.39, 0.29) is 0 Å². The summed E-state index contributed by atoms with van der Waals surface area (Å²) in [5, 5.41) is 19.6. The standard InChI is InChI=1S/C66H38N4/c1-3-19-49-41(11-1)13-5-21-51(49)65-67-61-53-23-7-15-43-27-29-45-17-9-25-55(59(45)57(43)53)63(61)69(65)47-35-31-39(32-36-47)40-33-37-48(38-34-40)70-64-56-26-10-18-46-30-28-44-16-8-24-54(58(44)60(46)56)62(64)68-66(70)52-22-6-14-42-12-2-4-20-50(42)52/h1-38H. The van der Waals surface area contributed by atoms with E-state index in [1.165, 1.54) is 86.2 Å². The van der Waals surface area contributed by atoms with Gasteiger partial charge in [-0.1, -0.05) is 206 Å². The van der Waals surface area contributed by atoms with Gasteiger partial charge in [0.05, 0.1) is 22.1 Å². The number of hydrogen-bond acceptors (Lipinski definition) is 2. The average molecular weight is 887 g/mol. The van der Waals surface area contributed by atoms with Gasteiger partial charge in [-0.3, -0.25) is 9.13 Å². The molecule has 0 N–H and O–H groups in total. The molecule has 2 heterocycles. The van der Waals surface area contributed by atoms with Crippen molar-refractivity contribution in [3.8, 4) is 45.3 Å². The Hall–Kier alpha value is -9.38. The lowest BCUT2D eigenvalue weighted by molar-refractivity contribution is 1.11. The third-order valence-corrected chi connectivity index (χ3v) is 15.2. The smallest absolute Gasteiger partial charge is 0.146 e. The monoisotopic (exact) mass is 886 g/mol. The summed E-state index contributed by atoms with van der Waals surface area (Å²) in [4.78, 5) is 11.3. The number of hydrogen-bond donors (Lipinski definition) is 0. The molecule has 14 aromatic carbocycles. The van der Waals surface area contributed by atoms with Crippen LogP contribution in [0.5, 0.6) is 0 Å². The summed E-state index contributed by atoms with van der Waals surface area (Å²) in [6.07, 6.45) is 0. The van der Waals surface area contributed by atoms with Crippen LogP contribution in [0.1, 0.15) is 0 Å². The highest BCUT2D eigenvalue weighted by Gasteiger charge is 2.25. The van der Waals surface area contributed by atoms with Gasteiger partial charge in [0.2, 0.25) is 0 Å². The fraction of sp³-hybridized carbons (Fsp3) is 0. The van der Waals surface area contributed by atoms with Crippen LogP contribution in [0.25, 0.3) is 154 Å². The van der Waals surface area contributed by atoms with E-state index >= 15 is 0 Å². The van der Waals surface area contributed by atoms with Crippen LogP contribution in [-0.2, 0) is 0 Å². The number of nitrogens with zero attached hydrogens (tertiary/aromatic N) is 4. The molecule has 0 spiro atoms. The summed E-state index contributed by atoms with van der Waals surface area (Å²) >= 11 is 0. The highest BCUT2D eigenvalue weighted by Crippen LogP contribution is 2.46. The van der Waals surface area contributed by atoms with Crippen molar-refractivity contribution in [1.29, 1.82) is 0 Å². The van der Waals surface area contributed by atoms with Gasteiger partial charge in [0.1, 0.15) is 11.6 Å². The first-order valence-corrected chi connectivity index (χ1v) is 24.1. The molecule has 70 heavy (non-hydrogen) atoms. The fourth-order valence-corrected chi connectivity index (χ4v) is 12.1. The average Bonchev–Trinajstić information content (AvgIpc) is 4.04. The van der Waals surface area contributed by atoms with Crippen molar-refractivity contribution in [2.45, 2.75) is 0 Å². The van der Waals surface area contributed by atoms with Crippen LogP contribution < -0.4 is 0 Å². The maximum atomic E-state index is 5.64. The first-order chi connectivity index (χ1) is 34.7.